The molecule has 0 aliphatic carbocycles. The minimum Gasteiger partial charge on any atom is -0.481 e. The minimum absolute atomic E-state index is 0.0642. The molecule has 21 heteroatoms. The normalized spacial score (nSPS) is 10.3. The molecule has 8 rings (SSSR count). The van der Waals surface area contributed by atoms with E-state index in [0.717, 1.165) is 0 Å². The maximum Gasteiger partial charge on any atom is 0.339 e. The lowest BCUT2D eigenvalue weighted by molar-refractivity contribution is -0.146. The predicted molar refractivity (Wildman–Crippen MR) is 250 cm³/mol. The first-order valence-corrected chi connectivity index (χ1v) is 20.9. The summed E-state index contributed by atoms with van der Waals surface area (Å²) in [7, 11) is 0. The number of anilines is 4. The first-order chi connectivity index (χ1) is 30.8. The van der Waals surface area contributed by atoms with Crippen molar-refractivity contribution in [1.29, 1.82) is 0 Å². The van der Waals surface area contributed by atoms with Gasteiger partial charge in [-0.05, 0) is 91.9 Å². The number of para-hydroxylation sites is 4. The summed E-state index contributed by atoms with van der Waals surface area (Å²) in [5.74, 6) is -1.57. The molecule has 0 radical (unpaired) electrons. The number of halogens is 6. The fraction of sp³-hybridized carbons (Fsp3) is 0.0698. The lowest BCUT2D eigenvalue weighted by Crippen LogP contribution is -2.34. The summed E-state index contributed by atoms with van der Waals surface area (Å²) in [6.45, 7) is 0. The molecule has 0 aliphatic rings. The topological polar surface area (TPSA) is 203 Å². The Morgan fingerprint density at radius 2 is 0.969 bits per heavy atom. The zero-order valence-electron chi connectivity index (χ0n) is 32.7. The van der Waals surface area contributed by atoms with E-state index in [9.17, 15) is 19.2 Å². The van der Waals surface area contributed by atoms with Crippen LogP contribution in [0.15, 0.2) is 143 Å². The zero-order valence-corrected chi connectivity index (χ0v) is 37.2. The lowest BCUT2D eigenvalue weighted by Gasteiger charge is -2.14. The van der Waals surface area contributed by atoms with Crippen LogP contribution in [0.2, 0.25) is 20.1 Å². The van der Waals surface area contributed by atoms with E-state index >= 15 is 0 Å². The molecule has 6 aromatic carbocycles. The van der Waals surface area contributed by atoms with Gasteiger partial charge in [0.05, 0.1) is 60.4 Å². The van der Waals surface area contributed by atoms with Gasteiger partial charge in [0.2, 0.25) is 0 Å². The molecule has 0 amide bonds. The third-order valence-electron chi connectivity index (χ3n) is 8.44. The van der Waals surface area contributed by atoms with E-state index in [2.05, 4.69) is 31.3 Å². The molecule has 8 aromatic rings. The average molecular weight is 985 g/mol. The minimum atomic E-state index is -0.889. The van der Waals surface area contributed by atoms with Crippen molar-refractivity contribution >= 4 is 126 Å². The number of hydrogen-bond acceptors (Lipinski definition) is 12. The average Bonchev–Trinajstić information content (AvgIpc) is 3.28. The monoisotopic (exact) mass is 982 g/mol. The SMILES string of the molecule is ClCCl.O=C(Cc1ccccc1Nc1c(Cl)cccc1Cl)On1nnc2ccccc2c1=O.O=C(O)Cc1ccccc1Nc1c(Cl)cccc1Cl.O=c1c2ccccc2nnn1O. The first kappa shape index (κ1) is 48.6. The van der Waals surface area contributed by atoms with Gasteiger partial charge in [-0.1, -0.05) is 119 Å². The Morgan fingerprint density at radius 3 is 1.45 bits per heavy atom. The molecule has 0 aliphatic heterocycles. The lowest BCUT2D eigenvalue weighted by atomic mass is 10.1. The standard InChI is InChI=1S/C21H14Cl2N4O3.C14H11Cl2NO2.C7H5N3O2.CH2Cl2/c22-15-8-5-9-16(23)20(15)24-17-10-3-1-6-13(17)12-19(28)30-27-21(29)14-7-2-4-11-18(14)25-26-27;15-10-5-3-6-11(16)14(10)17-12-7-2-1-4-9(12)8-13(18)19;11-7-5-3-1-2-4-6(5)8-9-10(7)12;2-1-3/h1-11,24H,12H2;1-7,17H,8H2,(H,18,19);1-4,12H;1H2. The Kier molecular flexibility index (Phi) is 18.1. The summed E-state index contributed by atoms with van der Waals surface area (Å²) in [4.78, 5) is 52.8. The van der Waals surface area contributed by atoms with Gasteiger partial charge in [-0.15, -0.1) is 33.4 Å². The summed E-state index contributed by atoms with van der Waals surface area (Å²) >= 11 is 34.1. The number of rotatable bonds is 9. The van der Waals surface area contributed by atoms with Crippen LogP contribution in [0.3, 0.4) is 0 Å². The van der Waals surface area contributed by atoms with Crippen LogP contribution in [0.5, 0.6) is 0 Å². The maximum absolute atomic E-state index is 12.5. The summed E-state index contributed by atoms with van der Waals surface area (Å²) in [6, 6.07) is 38.0. The number of carboxylic acids is 1. The number of alkyl halides is 2. The highest BCUT2D eigenvalue weighted by atomic mass is 35.5. The number of carboxylic acid groups (broad SMARTS) is 1. The molecular weight excluding hydrogens is 953 g/mol. The molecule has 0 saturated carbocycles. The van der Waals surface area contributed by atoms with E-state index < -0.39 is 23.1 Å². The van der Waals surface area contributed by atoms with Crippen molar-refractivity contribution < 1.29 is 24.7 Å². The van der Waals surface area contributed by atoms with Crippen LogP contribution < -0.4 is 26.6 Å². The molecule has 64 heavy (non-hydrogen) atoms. The third-order valence-corrected chi connectivity index (χ3v) is 9.70. The van der Waals surface area contributed by atoms with E-state index in [0.29, 0.717) is 80.6 Å². The molecule has 0 unspecified atom stereocenters. The van der Waals surface area contributed by atoms with Gasteiger partial charge in [-0.2, -0.15) is 0 Å². The van der Waals surface area contributed by atoms with Crippen LogP contribution in [0, 0.1) is 0 Å². The number of hydrogen-bond donors (Lipinski definition) is 4. The number of nitrogens with zero attached hydrogens (tertiary/aromatic N) is 6. The molecule has 0 fully saturated rings. The van der Waals surface area contributed by atoms with Gasteiger partial charge in [-0.3, -0.25) is 14.4 Å². The molecular formula is C43H32Cl6N8O7. The molecule has 0 bridgehead atoms. The van der Waals surface area contributed by atoms with Crippen molar-refractivity contribution in [3.8, 4) is 0 Å². The predicted octanol–water partition coefficient (Wildman–Crippen LogP) is 9.85. The van der Waals surface area contributed by atoms with E-state index in [4.69, 9.17) is 84.8 Å². The highest BCUT2D eigenvalue weighted by molar-refractivity contribution is 6.41. The van der Waals surface area contributed by atoms with Crippen molar-refractivity contribution in [2.75, 3.05) is 16.0 Å². The number of nitrogens with one attached hydrogen (secondary N) is 2. The highest BCUT2D eigenvalue weighted by Gasteiger charge is 2.16. The Morgan fingerprint density at radius 1 is 0.562 bits per heavy atom. The van der Waals surface area contributed by atoms with Crippen LogP contribution in [0.25, 0.3) is 21.8 Å². The largest absolute Gasteiger partial charge is 0.481 e. The quantitative estimate of drug-likeness (QED) is 0.0605. The van der Waals surface area contributed by atoms with Gasteiger partial charge < -0.3 is 25.8 Å². The second-order valence-corrected chi connectivity index (χ2v) is 15.1. The Bertz CT molecular complexity index is 2990. The molecule has 2 aromatic heterocycles. The molecule has 2 heterocycles. The number of benzene rings is 6. The number of carbonyl (C=O) groups excluding carboxylic acids is 1. The van der Waals surface area contributed by atoms with E-state index in [1.165, 1.54) is 0 Å². The van der Waals surface area contributed by atoms with Gasteiger partial charge >= 0.3 is 23.1 Å². The van der Waals surface area contributed by atoms with Crippen LogP contribution in [-0.4, -0.2) is 57.9 Å². The summed E-state index contributed by atoms with van der Waals surface area (Å²) in [6.07, 6.45) is -0.183. The van der Waals surface area contributed by atoms with Crippen molar-refractivity contribution in [3.05, 3.63) is 185 Å². The van der Waals surface area contributed by atoms with Crippen LogP contribution in [0.4, 0.5) is 22.7 Å². The van der Waals surface area contributed by atoms with Gasteiger partial charge in [-0.25, -0.2) is 4.79 Å². The third kappa shape index (κ3) is 13.3. The smallest absolute Gasteiger partial charge is 0.339 e. The zero-order chi connectivity index (χ0) is 46.2. The van der Waals surface area contributed by atoms with Crippen molar-refractivity contribution in [3.63, 3.8) is 0 Å². The Balaban J connectivity index is 0.000000192. The fourth-order valence-electron chi connectivity index (χ4n) is 5.56. The fourth-order valence-corrected chi connectivity index (χ4v) is 6.54. The molecule has 0 spiro atoms. The molecule has 328 valence electrons. The van der Waals surface area contributed by atoms with Gasteiger partial charge in [0, 0.05) is 11.4 Å². The Hall–Kier alpha value is -6.46. The van der Waals surface area contributed by atoms with Crippen molar-refractivity contribution in [2.45, 2.75) is 12.8 Å². The van der Waals surface area contributed by atoms with Gasteiger partial charge in [0.25, 0.3) is 0 Å². The van der Waals surface area contributed by atoms with Gasteiger partial charge in [0.1, 0.15) is 11.0 Å². The second kappa shape index (κ2) is 23.8. The molecule has 4 N–H and O–H groups in total. The van der Waals surface area contributed by atoms with Crippen LogP contribution in [-0.2, 0) is 22.4 Å². The first-order valence-electron chi connectivity index (χ1n) is 18.3. The molecule has 0 atom stereocenters. The van der Waals surface area contributed by atoms with E-state index in [1.54, 1.807) is 127 Å². The van der Waals surface area contributed by atoms with Crippen molar-refractivity contribution in [1.82, 2.24) is 30.3 Å². The molecule has 15 nitrogen and oxygen atoms in total. The number of aromatic nitrogens is 6. The number of fused-ring (bicyclic) bond motifs is 2. The van der Waals surface area contributed by atoms with Crippen molar-refractivity contribution in [2.24, 2.45) is 0 Å². The molecule has 0 saturated heterocycles. The highest BCUT2D eigenvalue weighted by Crippen LogP contribution is 2.35. The second-order valence-electron chi connectivity index (χ2n) is 12.7. The van der Waals surface area contributed by atoms with Crippen LogP contribution >= 0.6 is 69.6 Å². The van der Waals surface area contributed by atoms with E-state index in [-0.39, 0.29) is 23.0 Å². The summed E-state index contributed by atoms with van der Waals surface area (Å²) in [5.41, 5.74) is 3.48. The summed E-state index contributed by atoms with van der Waals surface area (Å²) < 4.78 is 0. The number of aliphatic carboxylic acids is 1. The Labute approximate surface area is 393 Å². The van der Waals surface area contributed by atoms with Crippen LogP contribution in [0.1, 0.15) is 11.1 Å². The maximum atomic E-state index is 12.5. The van der Waals surface area contributed by atoms with Gasteiger partial charge in [0.15, 0.2) is 0 Å². The van der Waals surface area contributed by atoms with E-state index in [1.807, 2.05) is 6.07 Å². The number of carbonyl (C=O) groups is 2. The summed E-state index contributed by atoms with van der Waals surface area (Å²) in [5, 5.41) is 41.0.